The van der Waals surface area contributed by atoms with Crippen molar-refractivity contribution in [3.8, 4) is 5.75 Å². The monoisotopic (exact) mass is 349 g/mol. The van der Waals surface area contributed by atoms with E-state index in [-0.39, 0.29) is 5.91 Å². The highest BCUT2D eigenvalue weighted by molar-refractivity contribution is 5.95. The molecule has 3 aromatic rings. The highest BCUT2D eigenvalue weighted by Crippen LogP contribution is 2.26. The minimum atomic E-state index is -0.563. The molecule has 0 saturated carbocycles. The molecule has 4 nitrogen and oxygen atoms in total. The molecule has 0 aliphatic rings. The van der Waals surface area contributed by atoms with Gasteiger partial charge in [-0.3, -0.25) is 4.79 Å². The lowest BCUT2D eigenvalue weighted by atomic mass is 10.1. The Morgan fingerprint density at radius 2 is 1.81 bits per heavy atom. The van der Waals surface area contributed by atoms with Crippen LogP contribution in [0.4, 0.5) is 5.69 Å². The van der Waals surface area contributed by atoms with Gasteiger partial charge in [-0.15, -0.1) is 0 Å². The molecular formula is C22H23NO3. The lowest BCUT2D eigenvalue weighted by molar-refractivity contribution is -0.122. The summed E-state index contributed by atoms with van der Waals surface area (Å²) in [6.45, 7) is 2.45. The zero-order chi connectivity index (χ0) is 18.4. The van der Waals surface area contributed by atoms with Gasteiger partial charge in [-0.2, -0.15) is 0 Å². The van der Waals surface area contributed by atoms with Crippen LogP contribution in [-0.4, -0.2) is 19.1 Å². The van der Waals surface area contributed by atoms with Crippen LogP contribution in [0.1, 0.15) is 18.9 Å². The average molecular weight is 349 g/mol. The van der Waals surface area contributed by atoms with Crippen molar-refractivity contribution < 1.29 is 14.3 Å². The Bertz CT molecular complexity index is 886. The molecule has 0 aromatic heterocycles. The molecule has 0 aliphatic heterocycles. The molecule has 1 amide bonds. The smallest absolute Gasteiger partial charge is 0.265 e. The summed E-state index contributed by atoms with van der Waals surface area (Å²) in [7, 11) is 1.65. The molecule has 0 heterocycles. The lowest BCUT2D eigenvalue weighted by Crippen LogP contribution is -2.32. The minimum absolute atomic E-state index is 0.157. The Labute approximate surface area is 153 Å². The fourth-order valence-corrected chi connectivity index (χ4v) is 2.90. The normalized spacial score (nSPS) is 11.9. The van der Waals surface area contributed by atoms with Gasteiger partial charge >= 0.3 is 0 Å². The number of rotatable bonds is 7. The third-order valence-electron chi connectivity index (χ3n) is 4.19. The van der Waals surface area contributed by atoms with Crippen LogP contribution in [0.3, 0.4) is 0 Å². The SMILES string of the molecule is CC[C@H](Oc1cccc2ccccc12)C(=O)Nc1cccc(COC)c1. The van der Waals surface area contributed by atoms with E-state index in [1.54, 1.807) is 7.11 Å². The molecule has 0 saturated heterocycles. The largest absolute Gasteiger partial charge is 0.480 e. The number of anilines is 1. The third kappa shape index (κ3) is 4.21. The van der Waals surface area contributed by atoms with Gasteiger partial charge in [0, 0.05) is 18.2 Å². The maximum Gasteiger partial charge on any atom is 0.265 e. The Hall–Kier alpha value is -2.85. The van der Waals surface area contributed by atoms with Crippen molar-refractivity contribution in [2.45, 2.75) is 26.1 Å². The number of benzene rings is 3. The summed E-state index contributed by atoms with van der Waals surface area (Å²) in [4.78, 5) is 12.7. The van der Waals surface area contributed by atoms with Crippen molar-refractivity contribution >= 4 is 22.4 Å². The second kappa shape index (κ2) is 8.50. The molecule has 0 radical (unpaired) electrons. The molecule has 1 N–H and O–H groups in total. The van der Waals surface area contributed by atoms with Gasteiger partial charge < -0.3 is 14.8 Å². The van der Waals surface area contributed by atoms with Crippen molar-refractivity contribution in [1.82, 2.24) is 0 Å². The van der Waals surface area contributed by atoms with E-state index < -0.39 is 6.10 Å². The summed E-state index contributed by atoms with van der Waals surface area (Å²) in [5, 5.41) is 5.03. The molecule has 3 rings (SSSR count). The van der Waals surface area contributed by atoms with Gasteiger partial charge in [-0.25, -0.2) is 0 Å². The Morgan fingerprint density at radius 3 is 2.62 bits per heavy atom. The molecule has 0 fully saturated rings. The molecule has 26 heavy (non-hydrogen) atoms. The second-order valence-electron chi connectivity index (χ2n) is 6.11. The van der Waals surface area contributed by atoms with Crippen molar-refractivity contribution in [2.24, 2.45) is 0 Å². The lowest BCUT2D eigenvalue weighted by Gasteiger charge is -2.19. The highest BCUT2D eigenvalue weighted by atomic mass is 16.5. The van der Waals surface area contributed by atoms with E-state index in [0.717, 1.165) is 27.8 Å². The standard InChI is InChI=1S/C22H23NO3/c1-3-20(22(24)23-18-11-6-8-16(14-18)15-25-2)26-21-13-7-10-17-9-4-5-12-19(17)21/h4-14,20H,3,15H2,1-2H3,(H,23,24)/t20-/m0/s1. The van der Waals surface area contributed by atoms with E-state index in [1.165, 1.54) is 0 Å². The predicted octanol–water partition coefficient (Wildman–Crippen LogP) is 4.78. The van der Waals surface area contributed by atoms with E-state index in [4.69, 9.17) is 9.47 Å². The molecule has 134 valence electrons. The van der Waals surface area contributed by atoms with E-state index in [2.05, 4.69) is 5.32 Å². The van der Waals surface area contributed by atoms with Crippen LogP contribution in [0.5, 0.6) is 5.75 Å². The summed E-state index contributed by atoms with van der Waals surface area (Å²) in [5.74, 6) is 0.563. The number of fused-ring (bicyclic) bond motifs is 1. The number of ether oxygens (including phenoxy) is 2. The number of amides is 1. The summed E-state index contributed by atoms with van der Waals surface area (Å²) in [6, 6.07) is 21.5. The van der Waals surface area contributed by atoms with Gasteiger partial charge in [0.2, 0.25) is 0 Å². The molecule has 3 aromatic carbocycles. The third-order valence-corrected chi connectivity index (χ3v) is 4.19. The van der Waals surface area contributed by atoms with Crippen LogP contribution in [0.2, 0.25) is 0 Å². The number of hydrogen-bond donors (Lipinski definition) is 1. The predicted molar refractivity (Wildman–Crippen MR) is 104 cm³/mol. The van der Waals surface area contributed by atoms with Gasteiger partial charge in [-0.1, -0.05) is 55.5 Å². The molecule has 1 atom stereocenters. The molecular weight excluding hydrogens is 326 g/mol. The number of methoxy groups -OCH3 is 1. The van der Waals surface area contributed by atoms with Gasteiger partial charge in [-0.05, 0) is 35.6 Å². The van der Waals surface area contributed by atoms with Crippen LogP contribution >= 0.6 is 0 Å². The van der Waals surface area contributed by atoms with Crippen molar-refractivity contribution in [3.05, 3.63) is 72.3 Å². The average Bonchev–Trinajstić information content (AvgIpc) is 2.66. The van der Waals surface area contributed by atoms with Gasteiger partial charge in [0.15, 0.2) is 6.10 Å². The summed E-state index contributed by atoms with van der Waals surface area (Å²) < 4.78 is 11.2. The van der Waals surface area contributed by atoms with Crippen LogP contribution in [0, 0.1) is 0 Å². The van der Waals surface area contributed by atoms with Crippen LogP contribution in [0.25, 0.3) is 10.8 Å². The van der Waals surface area contributed by atoms with Crippen LogP contribution < -0.4 is 10.1 Å². The van der Waals surface area contributed by atoms with E-state index >= 15 is 0 Å². The number of carbonyl (C=O) groups excluding carboxylic acids is 1. The van der Waals surface area contributed by atoms with Gasteiger partial charge in [0.05, 0.1) is 6.61 Å². The van der Waals surface area contributed by atoms with E-state index in [1.807, 2.05) is 73.7 Å². The number of nitrogens with one attached hydrogen (secondary N) is 1. The molecule has 0 spiro atoms. The Balaban J connectivity index is 1.76. The number of hydrogen-bond acceptors (Lipinski definition) is 3. The summed E-state index contributed by atoms with van der Waals surface area (Å²) >= 11 is 0. The minimum Gasteiger partial charge on any atom is -0.480 e. The van der Waals surface area contributed by atoms with Crippen molar-refractivity contribution in [1.29, 1.82) is 0 Å². The molecule has 0 bridgehead atoms. The van der Waals surface area contributed by atoms with Crippen LogP contribution in [-0.2, 0) is 16.1 Å². The molecule has 4 heteroatoms. The zero-order valence-corrected chi connectivity index (χ0v) is 15.1. The fourth-order valence-electron chi connectivity index (χ4n) is 2.90. The fraction of sp³-hybridized carbons (Fsp3) is 0.227. The summed E-state index contributed by atoms with van der Waals surface area (Å²) in [5.41, 5.74) is 1.75. The van der Waals surface area contributed by atoms with Crippen molar-refractivity contribution in [3.63, 3.8) is 0 Å². The number of carbonyl (C=O) groups is 1. The second-order valence-corrected chi connectivity index (χ2v) is 6.11. The van der Waals surface area contributed by atoms with Gasteiger partial charge in [0.1, 0.15) is 5.75 Å². The van der Waals surface area contributed by atoms with E-state index in [0.29, 0.717) is 13.0 Å². The molecule has 0 aliphatic carbocycles. The first-order valence-electron chi connectivity index (χ1n) is 8.74. The maximum atomic E-state index is 12.7. The van der Waals surface area contributed by atoms with Crippen LogP contribution in [0.15, 0.2) is 66.7 Å². The van der Waals surface area contributed by atoms with Crippen molar-refractivity contribution in [2.75, 3.05) is 12.4 Å². The Kier molecular flexibility index (Phi) is 5.87. The highest BCUT2D eigenvalue weighted by Gasteiger charge is 2.19. The summed E-state index contributed by atoms with van der Waals surface area (Å²) in [6.07, 6.45) is 0.0131. The zero-order valence-electron chi connectivity index (χ0n) is 15.1. The quantitative estimate of drug-likeness (QED) is 0.667. The first-order chi connectivity index (χ1) is 12.7. The maximum absolute atomic E-state index is 12.7. The topological polar surface area (TPSA) is 47.6 Å². The van der Waals surface area contributed by atoms with E-state index in [9.17, 15) is 4.79 Å². The molecule has 0 unspecified atom stereocenters. The Morgan fingerprint density at radius 1 is 1.04 bits per heavy atom. The first-order valence-corrected chi connectivity index (χ1v) is 8.74. The first kappa shape index (κ1) is 18.0. The van der Waals surface area contributed by atoms with Gasteiger partial charge in [0.25, 0.3) is 5.91 Å².